The zero-order valence-electron chi connectivity index (χ0n) is 13.6. The third kappa shape index (κ3) is 4.20. The smallest absolute Gasteiger partial charge is 0.267 e. The fraction of sp³-hybridized carbons (Fsp3) is 0.176. The van der Waals surface area contributed by atoms with E-state index >= 15 is 0 Å². The minimum absolute atomic E-state index is 0.0445. The molecule has 0 bridgehead atoms. The standard InChI is InChI=1S/C17H18N2O4S/c1-11-4-7-13(8-5-11)16(20)18-19-17(21)15-10-14(24(3,22)23)9-6-12(15)2/h4-10H,1-3H3,(H,18,20)(H,19,21). The van der Waals surface area contributed by atoms with Crippen LogP contribution in [0.2, 0.25) is 0 Å². The highest BCUT2D eigenvalue weighted by molar-refractivity contribution is 7.90. The molecule has 0 saturated heterocycles. The predicted molar refractivity (Wildman–Crippen MR) is 90.4 cm³/mol. The van der Waals surface area contributed by atoms with E-state index < -0.39 is 21.7 Å². The van der Waals surface area contributed by atoms with Gasteiger partial charge in [0.1, 0.15) is 0 Å². The first-order valence-electron chi connectivity index (χ1n) is 7.16. The molecule has 0 fully saturated rings. The van der Waals surface area contributed by atoms with Crippen molar-refractivity contribution in [3.8, 4) is 0 Å². The van der Waals surface area contributed by atoms with Crippen molar-refractivity contribution in [3.05, 3.63) is 64.7 Å². The number of carbonyl (C=O) groups excluding carboxylic acids is 2. The summed E-state index contributed by atoms with van der Waals surface area (Å²) in [7, 11) is -3.42. The van der Waals surface area contributed by atoms with Crippen LogP contribution in [-0.2, 0) is 9.84 Å². The molecule has 0 heterocycles. The molecule has 0 unspecified atom stereocenters. The third-order valence-corrected chi connectivity index (χ3v) is 4.60. The van der Waals surface area contributed by atoms with Crippen molar-refractivity contribution in [1.82, 2.24) is 10.9 Å². The lowest BCUT2D eigenvalue weighted by atomic mass is 10.1. The molecule has 7 heteroatoms. The second-order valence-electron chi connectivity index (χ2n) is 5.52. The Hall–Kier alpha value is -2.67. The molecule has 0 aliphatic carbocycles. The zero-order chi connectivity index (χ0) is 17.9. The normalized spacial score (nSPS) is 11.0. The van der Waals surface area contributed by atoms with Gasteiger partial charge in [0.2, 0.25) is 0 Å². The van der Waals surface area contributed by atoms with E-state index in [1.807, 2.05) is 6.92 Å². The topological polar surface area (TPSA) is 92.3 Å². The van der Waals surface area contributed by atoms with Crippen LogP contribution in [0.25, 0.3) is 0 Å². The monoisotopic (exact) mass is 346 g/mol. The van der Waals surface area contributed by atoms with Crippen LogP contribution in [0.4, 0.5) is 0 Å². The zero-order valence-corrected chi connectivity index (χ0v) is 14.4. The Bertz CT molecular complexity index is 887. The van der Waals surface area contributed by atoms with Crippen molar-refractivity contribution in [3.63, 3.8) is 0 Å². The van der Waals surface area contributed by atoms with Crippen molar-refractivity contribution in [2.24, 2.45) is 0 Å². The largest absolute Gasteiger partial charge is 0.270 e. The molecular formula is C17H18N2O4S. The van der Waals surface area contributed by atoms with Gasteiger partial charge in [-0.05, 0) is 43.7 Å². The first-order valence-corrected chi connectivity index (χ1v) is 9.05. The quantitative estimate of drug-likeness (QED) is 0.829. The summed E-state index contributed by atoms with van der Waals surface area (Å²) in [4.78, 5) is 24.2. The predicted octanol–water partition coefficient (Wildman–Crippen LogP) is 1.78. The van der Waals surface area contributed by atoms with Crippen molar-refractivity contribution in [1.29, 1.82) is 0 Å². The van der Waals surface area contributed by atoms with Crippen molar-refractivity contribution in [2.45, 2.75) is 18.7 Å². The summed E-state index contributed by atoms with van der Waals surface area (Å²) in [5, 5.41) is 0. The van der Waals surface area contributed by atoms with Crippen molar-refractivity contribution in [2.75, 3.05) is 6.26 Å². The average molecular weight is 346 g/mol. The number of hydrazine groups is 1. The SMILES string of the molecule is Cc1ccc(C(=O)NNC(=O)c2cc(S(C)(=O)=O)ccc2C)cc1. The van der Waals surface area contributed by atoms with E-state index in [2.05, 4.69) is 10.9 Å². The molecule has 0 saturated carbocycles. The maximum absolute atomic E-state index is 12.2. The second-order valence-corrected chi connectivity index (χ2v) is 7.54. The molecule has 24 heavy (non-hydrogen) atoms. The third-order valence-electron chi connectivity index (χ3n) is 3.49. The number of amides is 2. The summed E-state index contributed by atoms with van der Waals surface area (Å²) in [5.41, 5.74) is 6.82. The Morgan fingerprint density at radius 2 is 1.46 bits per heavy atom. The van der Waals surface area contributed by atoms with Crippen LogP contribution in [-0.4, -0.2) is 26.5 Å². The number of hydrogen-bond donors (Lipinski definition) is 2. The van der Waals surface area contributed by atoms with Gasteiger partial charge in [-0.1, -0.05) is 23.8 Å². The molecule has 126 valence electrons. The van der Waals surface area contributed by atoms with Gasteiger partial charge < -0.3 is 0 Å². The van der Waals surface area contributed by atoms with Gasteiger partial charge in [-0.25, -0.2) is 8.42 Å². The Kier molecular flexibility index (Phi) is 5.04. The maximum atomic E-state index is 12.2. The van der Waals surface area contributed by atoms with E-state index in [0.717, 1.165) is 11.8 Å². The minimum Gasteiger partial charge on any atom is -0.267 e. The molecule has 0 spiro atoms. The van der Waals surface area contributed by atoms with Crippen molar-refractivity contribution >= 4 is 21.7 Å². The summed E-state index contributed by atoms with van der Waals surface area (Å²) in [6, 6.07) is 11.1. The van der Waals surface area contributed by atoms with Crippen LogP contribution in [0, 0.1) is 13.8 Å². The lowest BCUT2D eigenvalue weighted by Gasteiger charge is -2.10. The van der Waals surface area contributed by atoms with Gasteiger partial charge >= 0.3 is 0 Å². The van der Waals surface area contributed by atoms with Gasteiger partial charge in [-0.15, -0.1) is 0 Å². The van der Waals surface area contributed by atoms with Crippen LogP contribution in [0.3, 0.4) is 0 Å². The van der Waals surface area contributed by atoms with E-state index in [4.69, 9.17) is 0 Å². The van der Waals surface area contributed by atoms with Crippen LogP contribution in [0.1, 0.15) is 31.8 Å². The molecule has 0 atom stereocenters. The molecule has 0 aromatic heterocycles. The van der Waals surface area contributed by atoms with E-state index in [1.54, 1.807) is 37.3 Å². The van der Waals surface area contributed by atoms with Gasteiger partial charge in [0, 0.05) is 17.4 Å². The Morgan fingerprint density at radius 1 is 0.875 bits per heavy atom. The summed E-state index contributed by atoms with van der Waals surface area (Å²) in [6.45, 7) is 3.59. The van der Waals surface area contributed by atoms with Crippen molar-refractivity contribution < 1.29 is 18.0 Å². The summed E-state index contributed by atoms with van der Waals surface area (Å²) in [5.74, 6) is -1.04. The lowest BCUT2D eigenvalue weighted by Crippen LogP contribution is -2.41. The molecule has 2 rings (SSSR count). The Morgan fingerprint density at radius 3 is 2.04 bits per heavy atom. The van der Waals surface area contributed by atoms with Gasteiger partial charge in [0.05, 0.1) is 4.90 Å². The Labute approximate surface area is 140 Å². The van der Waals surface area contributed by atoms with Gasteiger partial charge in [-0.3, -0.25) is 20.4 Å². The number of aryl methyl sites for hydroxylation is 2. The van der Waals surface area contributed by atoms with Gasteiger partial charge in [0.15, 0.2) is 9.84 Å². The Balaban J connectivity index is 2.12. The van der Waals surface area contributed by atoms with E-state index in [1.165, 1.54) is 12.1 Å². The summed E-state index contributed by atoms with van der Waals surface area (Å²) >= 11 is 0. The highest BCUT2D eigenvalue weighted by atomic mass is 32.2. The number of benzene rings is 2. The first-order chi connectivity index (χ1) is 11.2. The van der Waals surface area contributed by atoms with Gasteiger partial charge in [-0.2, -0.15) is 0 Å². The number of sulfone groups is 1. The van der Waals surface area contributed by atoms with E-state index in [0.29, 0.717) is 11.1 Å². The highest BCUT2D eigenvalue weighted by Crippen LogP contribution is 2.15. The molecule has 2 aromatic carbocycles. The number of carbonyl (C=O) groups is 2. The molecule has 0 aliphatic heterocycles. The average Bonchev–Trinajstić information content (AvgIpc) is 2.52. The number of hydrogen-bond acceptors (Lipinski definition) is 4. The van der Waals surface area contributed by atoms with Crippen LogP contribution in [0.5, 0.6) is 0 Å². The molecule has 0 radical (unpaired) electrons. The van der Waals surface area contributed by atoms with Crippen LogP contribution < -0.4 is 10.9 Å². The number of rotatable bonds is 3. The molecule has 6 nitrogen and oxygen atoms in total. The van der Waals surface area contributed by atoms with Crippen LogP contribution in [0.15, 0.2) is 47.4 Å². The number of nitrogens with one attached hydrogen (secondary N) is 2. The molecule has 2 aromatic rings. The first kappa shape index (κ1) is 17.7. The maximum Gasteiger partial charge on any atom is 0.270 e. The summed E-state index contributed by atoms with van der Waals surface area (Å²) in [6.07, 6.45) is 1.07. The van der Waals surface area contributed by atoms with E-state index in [-0.39, 0.29) is 10.5 Å². The molecule has 2 N–H and O–H groups in total. The molecule has 0 aliphatic rings. The fourth-order valence-electron chi connectivity index (χ4n) is 2.03. The van der Waals surface area contributed by atoms with E-state index in [9.17, 15) is 18.0 Å². The summed E-state index contributed by atoms with van der Waals surface area (Å²) < 4.78 is 23.2. The second kappa shape index (κ2) is 6.84. The minimum atomic E-state index is -3.42. The molecular weight excluding hydrogens is 328 g/mol. The van der Waals surface area contributed by atoms with Gasteiger partial charge in [0.25, 0.3) is 11.8 Å². The lowest BCUT2D eigenvalue weighted by molar-refractivity contribution is 0.0846. The van der Waals surface area contributed by atoms with Crippen LogP contribution >= 0.6 is 0 Å². The fourth-order valence-corrected chi connectivity index (χ4v) is 2.68. The molecule has 2 amide bonds. The highest BCUT2D eigenvalue weighted by Gasteiger charge is 2.15.